The van der Waals surface area contributed by atoms with E-state index in [-0.39, 0.29) is 5.56 Å². The van der Waals surface area contributed by atoms with Gasteiger partial charge in [-0.25, -0.2) is 4.39 Å². The second-order valence-corrected chi connectivity index (χ2v) is 5.93. The zero-order chi connectivity index (χ0) is 12.3. The van der Waals surface area contributed by atoms with Crippen molar-refractivity contribution in [3.63, 3.8) is 0 Å². The van der Waals surface area contributed by atoms with Gasteiger partial charge in [-0.15, -0.1) is 0 Å². The van der Waals surface area contributed by atoms with Gasteiger partial charge in [-0.3, -0.25) is 0 Å². The molecule has 0 aromatic heterocycles. The third kappa shape index (κ3) is 1.26. The molecule has 2 bridgehead atoms. The molecular weight excluding hydrogens is 227 g/mol. The molecule has 1 aromatic carbocycles. The van der Waals surface area contributed by atoms with Crippen LogP contribution in [0.3, 0.4) is 0 Å². The summed E-state index contributed by atoms with van der Waals surface area (Å²) in [6.07, 6.45) is 4.15. The van der Waals surface area contributed by atoms with Crippen LogP contribution in [0, 0.1) is 40.8 Å². The zero-order valence-electron chi connectivity index (χ0n) is 10.1. The molecule has 3 aliphatic rings. The Labute approximate surface area is 106 Å². The van der Waals surface area contributed by atoms with E-state index in [1.54, 1.807) is 6.07 Å². The van der Waals surface area contributed by atoms with Gasteiger partial charge in [0.15, 0.2) is 0 Å². The van der Waals surface area contributed by atoms with Gasteiger partial charge >= 0.3 is 0 Å². The summed E-state index contributed by atoms with van der Waals surface area (Å²) in [7, 11) is 0. The van der Waals surface area contributed by atoms with Gasteiger partial charge in [-0.1, -0.05) is 6.07 Å². The summed E-state index contributed by atoms with van der Waals surface area (Å²) in [5, 5.41) is 12.4. The fraction of sp³-hybridized carbons (Fsp3) is 0.533. The first-order valence-electron chi connectivity index (χ1n) is 6.74. The summed E-state index contributed by atoms with van der Waals surface area (Å²) in [5.41, 5.74) is 0.839. The highest BCUT2D eigenvalue weighted by Gasteiger charge is 2.65. The smallest absolute Gasteiger partial charge is 0.143 e. The number of nitrogens with zero attached hydrogens (tertiary/aromatic N) is 1. The Balaban J connectivity index is 1.58. The predicted octanol–water partition coefficient (Wildman–Crippen LogP) is 3.15. The van der Waals surface area contributed by atoms with E-state index in [4.69, 9.17) is 5.26 Å². The lowest BCUT2D eigenvalue weighted by Gasteiger charge is -2.13. The van der Waals surface area contributed by atoms with Gasteiger partial charge in [0.05, 0.1) is 5.69 Å². The minimum Gasteiger partial charge on any atom is -0.381 e. The van der Waals surface area contributed by atoms with E-state index >= 15 is 0 Å². The summed E-state index contributed by atoms with van der Waals surface area (Å²) in [6.45, 7) is 0. The van der Waals surface area contributed by atoms with Crippen LogP contribution >= 0.6 is 0 Å². The molecule has 3 heteroatoms. The average molecular weight is 242 g/mol. The van der Waals surface area contributed by atoms with Crippen LogP contribution in [0.25, 0.3) is 0 Å². The van der Waals surface area contributed by atoms with Gasteiger partial charge < -0.3 is 5.32 Å². The van der Waals surface area contributed by atoms with Gasteiger partial charge in [0.1, 0.15) is 17.4 Å². The molecule has 4 unspecified atom stereocenters. The molecule has 92 valence electrons. The molecule has 0 spiro atoms. The van der Waals surface area contributed by atoms with E-state index in [0.29, 0.717) is 11.7 Å². The molecule has 1 aromatic rings. The highest BCUT2D eigenvalue weighted by atomic mass is 19.1. The highest BCUT2D eigenvalue weighted by Crippen LogP contribution is 2.66. The topological polar surface area (TPSA) is 35.8 Å². The summed E-state index contributed by atoms with van der Waals surface area (Å²) < 4.78 is 13.5. The summed E-state index contributed by atoms with van der Waals surface area (Å²) in [4.78, 5) is 0. The van der Waals surface area contributed by atoms with E-state index in [1.807, 2.05) is 12.1 Å². The van der Waals surface area contributed by atoms with Gasteiger partial charge in [-0.05, 0) is 55.1 Å². The fourth-order valence-electron chi connectivity index (χ4n) is 4.46. The maximum atomic E-state index is 13.5. The monoisotopic (exact) mass is 242 g/mol. The lowest BCUT2D eigenvalue weighted by atomic mass is 10.0. The van der Waals surface area contributed by atoms with Crippen molar-refractivity contribution in [2.24, 2.45) is 23.7 Å². The van der Waals surface area contributed by atoms with Crippen LogP contribution in [0.15, 0.2) is 18.2 Å². The average Bonchev–Trinajstić information content (AvgIpc) is 2.78. The van der Waals surface area contributed by atoms with Crippen molar-refractivity contribution in [1.29, 1.82) is 5.26 Å². The van der Waals surface area contributed by atoms with Gasteiger partial charge in [0, 0.05) is 6.04 Å². The number of nitrogens with one attached hydrogen (secondary N) is 1. The molecule has 4 rings (SSSR count). The molecule has 1 N–H and O–H groups in total. The van der Waals surface area contributed by atoms with Crippen LogP contribution in [0.1, 0.15) is 24.8 Å². The molecule has 3 saturated carbocycles. The first-order valence-corrected chi connectivity index (χ1v) is 6.74. The van der Waals surface area contributed by atoms with Gasteiger partial charge in [0.25, 0.3) is 0 Å². The van der Waals surface area contributed by atoms with Gasteiger partial charge in [-0.2, -0.15) is 5.26 Å². The quantitative estimate of drug-likeness (QED) is 0.864. The minimum atomic E-state index is -0.420. The molecule has 2 nitrogen and oxygen atoms in total. The van der Waals surface area contributed by atoms with Crippen molar-refractivity contribution in [2.75, 3.05) is 5.32 Å². The van der Waals surface area contributed by atoms with Crippen LogP contribution < -0.4 is 5.32 Å². The van der Waals surface area contributed by atoms with Crippen molar-refractivity contribution in [3.8, 4) is 6.07 Å². The number of rotatable bonds is 2. The minimum absolute atomic E-state index is 0.162. The SMILES string of the molecule is N#Cc1c(F)cccc1NC1C2C3CCC(C3)C12. The van der Waals surface area contributed by atoms with Crippen LogP contribution in [-0.2, 0) is 0 Å². The molecule has 0 amide bonds. The van der Waals surface area contributed by atoms with E-state index in [0.717, 1.165) is 23.7 Å². The second kappa shape index (κ2) is 3.47. The number of hydrogen-bond acceptors (Lipinski definition) is 2. The third-order valence-electron chi connectivity index (χ3n) is 5.18. The molecule has 18 heavy (non-hydrogen) atoms. The first kappa shape index (κ1) is 10.4. The maximum Gasteiger partial charge on any atom is 0.143 e. The lowest BCUT2D eigenvalue weighted by Crippen LogP contribution is -2.13. The molecule has 3 aliphatic carbocycles. The van der Waals surface area contributed by atoms with Crippen molar-refractivity contribution in [1.82, 2.24) is 0 Å². The van der Waals surface area contributed by atoms with Crippen molar-refractivity contribution >= 4 is 5.69 Å². The molecule has 0 saturated heterocycles. The van der Waals surface area contributed by atoms with Crippen LogP contribution in [-0.4, -0.2) is 6.04 Å². The van der Waals surface area contributed by atoms with E-state index in [2.05, 4.69) is 5.32 Å². The lowest BCUT2D eigenvalue weighted by molar-refractivity contribution is 0.456. The van der Waals surface area contributed by atoms with E-state index < -0.39 is 5.82 Å². The largest absolute Gasteiger partial charge is 0.381 e. The second-order valence-electron chi connectivity index (χ2n) is 5.93. The Morgan fingerprint density at radius 3 is 2.61 bits per heavy atom. The summed E-state index contributed by atoms with van der Waals surface area (Å²) in [6, 6.07) is 7.29. The first-order chi connectivity index (χ1) is 8.79. The standard InChI is InChI=1S/C15H15FN2/c16-11-2-1-3-12(10(11)7-17)18-15-13-8-4-5-9(6-8)14(13)15/h1-3,8-9,13-15,18H,4-6H2. The Kier molecular flexibility index (Phi) is 2.00. The number of anilines is 1. The molecule has 0 radical (unpaired) electrons. The normalized spacial score (nSPS) is 39.2. The Hall–Kier alpha value is -1.56. The molecule has 0 heterocycles. The number of halogens is 1. The van der Waals surface area contributed by atoms with Crippen LogP contribution in [0.5, 0.6) is 0 Å². The van der Waals surface area contributed by atoms with Crippen LogP contribution in [0.2, 0.25) is 0 Å². The third-order valence-corrected chi connectivity index (χ3v) is 5.18. The molecule has 3 fully saturated rings. The number of nitriles is 1. The number of benzene rings is 1. The Morgan fingerprint density at radius 1 is 1.22 bits per heavy atom. The molecule has 0 aliphatic heterocycles. The van der Waals surface area contributed by atoms with E-state index in [9.17, 15) is 4.39 Å². The number of fused-ring (bicyclic) bond motifs is 5. The maximum absolute atomic E-state index is 13.5. The van der Waals surface area contributed by atoms with Crippen molar-refractivity contribution in [2.45, 2.75) is 25.3 Å². The molecular formula is C15H15FN2. The van der Waals surface area contributed by atoms with Crippen molar-refractivity contribution in [3.05, 3.63) is 29.6 Å². The highest BCUT2D eigenvalue weighted by molar-refractivity contribution is 5.59. The summed E-state index contributed by atoms with van der Waals surface area (Å²) >= 11 is 0. The van der Waals surface area contributed by atoms with E-state index in [1.165, 1.54) is 25.3 Å². The zero-order valence-corrected chi connectivity index (χ0v) is 10.1. The number of hydrogen-bond donors (Lipinski definition) is 1. The predicted molar refractivity (Wildman–Crippen MR) is 66.3 cm³/mol. The molecule has 4 atom stereocenters. The Morgan fingerprint density at radius 2 is 1.94 bits per heavy atom. The van der Waals surface area contributed by atoms with Gasteiger partial charge in [0.2, 0.25) is 0 Å². The Bertz CT molecular complexity index is 532. The summed E-state index contributed by atoms with van der Waals surface area (Å²) in [5.74, 6) is 2.93. The van der Waals surface area contributed by atoms with Crippen molar-refractivity contribution < 1.29 is 4.39 Å². The fourth-order valence-corrected chi connectivity index (χ4v) is 4.46. The van der Waals surface area contributed by atoms with Crippen LogP contribution in [0.4, 0.5) is 10.1 Å².